The van der Waals surface area contributed by atoms with Gasteiger partial charge in [-0.25, -0.2) is 0 Å². The average Bonchev–Trinajstić information content (AvgIpc) is 2.83. The molecule has 0 spiro atoms. The summed E-state index contributed by atoms with van der Waals surface area (Å²) < 4.78 is 10.5. The number of ether oxygens (including phenoxy) is 2. The normalized spacial score (nSPS) is 21.8. The molecule has 4 heteroatoms. The Morgan fingerprint density at radius 3 is 3.12 bits per heavy atom. The van der Waals surface area contributed by atoms with Crippen molar-refractivity contribution in [3.8, 4) is 5.88 Å². The van der Waals surface area contributed by atoms with Crippen molar-refractivity contribution in [2.75, 3.05) is 25.6 Å². The first-order valence-electron chi connectivity index (χ1n) is 5.65. The molecule has 4 nitrogen and oxygen atoms in total. The fourth-order valence-corrected chi connectivity index (χ4v) is 1.91. The molecule has 0 aliphatic carbocycles. The predicted molar refractivity (Wildman–Crippen MR) is 62.8 cm³/mol. The molecule has 0 bridgehead atoms. The van der Waals surface area contributed by atoms with Crippen LogP contribution in [0, 0.1) is 5.92 Å². The predicted octanol–water partition coefficient (Wildman–Crippen LogP) is 1.93. The third-order valence-corrected chi connectivity index (χ3v) is 2.98. The number of hydrogen-bond donors (Lipinski definition) is 1. The molecule has 2 atom stereocenters. The number of nitrogens with one attached hydrogen (secondary N) is 1. The monoisotopic (exact) mass is 222 g/mol. The Bertz CT molecular complexity index is 338. The minimum absolute atomic E-state index is 0.377. The Morgan fingerprint density at radius 1 is 1.56 bits per heavy atom. The van der Waals surface area contributed by atoms with Gasteiger partial charge in [-0.2, -0.15) is 4.98 Å². The molecule has 1 N–H and O–H groups in total. The van der Waals surface area contributed by atoms with Crippen LogP contribution in [0.4, 0.5) is 5.82 Å². The lowest BCUT2D eigenvalue weighted by atomic mass is 10.0. The van der Waals surface area contributed by atoms with Gasteiger partial charge in [-0.1, -0.05) is 6.07 Å². The van der Waals surface area contributed by atoms with E-state index in [9.17, 15) is 0 Å². The van der Waals surface area contributed by atoms with Crippen molar-refractivity contribution in [3.05, 3.63) is 18.2 Å². The molecule has 88 valence electrons. The number of nitrogens with zero attached hydrogens (tertiary/aromatic N) is 1. The SMILES string of the molecule is COc1cccc(NC(C)C2CCOC2)n1. The highest BCUT2D eigenvalue weighted by Gasteiger charge is 2.22. The van der Waals surface area contributed by atoms with Crippen molar-refractivity contribution >= 4 is 5.82 Å². The lowest BCUT2D eigenvalue weighted by molar-refractivity contribution is 0.183. The standard InChI is InChI=1S/C12H18N2O2/c1-9(10-6-7-16-8-10)13-11-4-3-5-12(14-11)15-2/h3-5,9-10H,6-8H2,1-2H3,(H,13,14). The lowest BCUT2D eigenvalue weighted by Crippen LogP contribution is -2.26. The summed E-state index contributed by atoms with van der Waals surface area (Å²) in [5.74, 6) is 2.08. The third-order valence-electron chi connectivity index (χ3n) is 2.98. The first-order valence-corrected chi connectivity index (χ1v) is 5.65. The maximum Gasteiger partial charge on any atom is 0.214 e. The van der Waals surface area contributed by atoms with Gasteiger partial charge < -0.3 is 14.8 Å². The van der Waals surface area contributed by atoms with Crippen LogP contribution in [-0.4, -0.2) is 31.3 Å². The van der Waals surface area contributed by atoms with E-state index in [-0.39, 0.29) is 0 Å². The van der Waals surface area contributed by atoms with Crippen molar-refractivity contribution in [3.63, 3.8) is 0 Å². The number of pyridine rings is 1. The van der Waals surface area contributed by atoms with Crippen LogP contribution < -0.4 is 10.1 Å². The van der Waals surface area contributed by atoms with E-state index in [2.05, 4.69) is 17.2 Å². The molecule has 16 heavy (non-hydrogen) atoms. The largest absolute Gasteiger partial charge is 0.481 e. The minimum atomic E-state index is 0.377. The van der Waals surface area contributed by atoms with Gasteiger partial charge in [0.1, 0.15) is 5.82 Å². The maximum atomic E-state index is 5.38. The van der Waals surface area contributed by atoms with Crippen LogP contribution in [0.25, 0.3) is 0 Å². The summed E-state index contributed by atoms with van der Waals surface area (Å²) in [4.78, 5) is 4.33. The summed E-state index contributed by atoms with van der Waals surface area (Å²) in [5.41, 5.74) is 0. The molecule has 0 saturated carbocycles. The van der Waals surface area contributed by atoms with Crippen molar-refractivity contribution in [2.45, 2.75) is 19.4 Å². The summed E-state index contributed by atoms with van der Waals surface area (Å²) >= 11 is 0. The van der Waals surface area contributed by atoms with Crippen LogP contribution in [0.15, 0.2) is 18.2 Å². The zero-order valence-electron chi connectivity index (χ0n) is 9.77. The average molecular weight is 222 g/mol. The van der Waals surface area contributed by atoms with Gasteiger partial charge in [0.2, 0.25) is 5.88 Å². The number of methoxy groups -OCH3 is 1. The molecular formula is C12H18N2O2. The Morgan fingerprint density at radius 2 is 2.44 bits per heavy atom. The highest BCUT2D eigenvalue weighted by atomic mass is 16.5. The van der Waals surface area contributed by atoms with Gasteiger partial charge in [0.25, 0.3) is 0 Å². The molecule has 0 amide bonds. The molecule has 1 aliphatic heterocycles. The molecular weight excluding hydrogens is 204 g/mol. The van der Waals surface area contributed by atoms with Crippen LogP contribution in [0.5, 0.6) is 5.88 Å². The zero-order chi connectivity index (χ0) is 11.4. The van der Waals surface area contributed by atoms with Crippen molar-refractivity contribution < 1.29 is 9.47 Å². The van der Waals surface area contributed by atoms with E-state index in [1.165, 1.54) is 0 Å². The molecule has 0 radical (unpaired) electrons. The van der Waals surface area contributed by atoms with Crippen LogP contribution in [0.2, 0.25) is 0 Å². The van der Waals surface area contributed by atoms with E-state index in [4.69, 9.17) is 9.47 Å². The van der Waals surface area contributed by atoms with E-state index < -0.39 is 0 Å². The Kier molecular flexibility index (Phi) is 3.62. The molecule has 1 aliphatic rings. The van der Waals surface area contributed by atoms with E-state index >= 15 is 0 Å². The van der Waals surface area contributed by atoms with Gasteiger partial charge in [0.05, 0.1) is 13.7 Å². The second-order valence-corrected chi connectivity index (χ2v) is 4.12. The summed E-state index contributed by atoms with van der Waals surface area (Å²) in [6, 6.07) is 6.11. The highest BCUT2D eigenvalue weighted by molar-refractivity contribution is 5.38. The quantitative estimate of drug-likeness (QED) is 0.845. The second-order valence-electron chi connectivity index (χ2n) is 4.12. The van der Waals surface area contributed by atoms with Crippen LogP contribution in [-0.2, 0) is 4.74 Å². The van der Waals surface area contributed by atoms with Gasteiger partial charge in [0.15, 0.2) is 0 Å². The molecule has 1 saturated heterocycles. The molecule has 1 fully saturated rings. The fourth-order valence-electron chi connectivity index (χ4n) is 1.91. The highest BCUT2D eigenvalue weighted by Crippen LogP contribution is 2.20. The number of rotatable bonds is 4. The van der Waals surface area contributed by atoms with E-state index in [1.54, 1.807) is 7.11 Å². The Hall–Kier alpha value is -1.29. The topological polar surface area (TPSA) is 43.4 Å². The van der Waals surface area contributed by atoms with Gasteiger partial charge in [-0.05, 0) is 19.4 Å². The molecule has 2 unspecified atom stereocenters. The van der Waals surface area contributed by atoms with Gasteiger partial charge in [0, 0.05) is 24.6 Å². The fraction of sp³-hybridized carbons (Fsp3) is 0.583. The van der Waals surface area contributed by atoms with Gasteiger partial charge in [-0.15, -0.1) is 0 Å². The van der Waals surface area contributed by atoms with Crippen molar-refractivity contribution in [1.29, 1.82) is 0 Å². The summed E-state index contributed by atoms with van der Waals surface area (Å²) in [6.07, 6.45) is 1.12. The van der Waals surface area contributed by atoms with Crippen molar-refractivity contribution in [2.24, 2.45) is 5.92 Å². The molecule has 1 aromatic heterocycles. The summed E-state index contributed by atoms with van der Waals surface area (Å²) in [6.45, 7) is 3.89. The molecule has 1 aromatic rings. The van der Waals surface area contributed by atoms with E-state index in [0.29, 0.717) is 17.8 Å². The second kappa shape index (κ2) is 5.16. The van der Waals surface area contributed by atoms with Crippen LogP contribution in [0.3, 0.4) is 0 Å². The van der Waals surface area contributed by atoms with Crippen molar-refractivity contribution in [1.82, 2.24) is 4.98 Å². The number of anilines is 1. The van der Waals surface area contributed by atoms with Gasteiger partial charge >= 0.3 is 0 Å². The van der Waals surface area contributed by atoms with Crippen LogP contribution >= 0.6 is 0 Å². The number of aromatic nitrogens is 1. The molecule has 0 aromatic carbocycles. The first kappa shape index (κ1) is 11.2. The van der Waals surface area contributed by atoms with E-state index in [1.807, 2.05) is 18.2 Å². The number of hydrogen-bond acceptors (Lipinski definition) is 4. The zero-order valence-corrected chi connectivity index (χ0v) is 9.77. The minimum Gasteiger partial charge on any atom is -0.481 e. The lowest BCUT2D eigenvalue weighted by Gasteiger charge is -2.19. The Labute approximate surface area is 96.0 Å². The van der Waals surface area contributed by atoms with Crippen LogP contribution in [0.1, 0.15) is 13.3 Å². The maximum absolute atomic E-state index is 5.38. The smallest absolute Gasteiger partial charge is 0.214 e. The summed E-state index contributed by atoms with van der Waals surface area (Å²) in [5, 5.41) is 3.39. The Balaban J connectivity index is 1.96. The third kappa shape index (κ3) is 2.64. The first-order chi connectivity index (χ1) is 7.79. The van der Waals surface area contributed by atoms with Gasteiger partial charge in [-0.3, -0.25) is 0 Å². The van der Waals surface area contributed by atoms with E-state index in [0.717, 1.165) is 25.5 Å². The summed E-state index contributed by atoms with van der Waals surface area (Å²) in [7, 11) is 1.63. The molecule has 2 rings (SSSR count). The molecule has 2 heterocycles.